The zero-order valence-corrected chi connectivity index (χ0v) is 11.5. The van der Waals surface area contributed by atoms with Crippen LogP contribution in [0.5, 0.6) is 5.75 Å². The van der Waals surface area contributed by atoms with Crippen LogP contribution in [-0.2, 0) is 0 Å². The van der Waals surface area contributed by atoms with Gasteiger partial charge in [0.25, 0.3) is 0 Å². The highest BCUT2D eigenvalue weighted by Crippen LogP contribution is 2.32. The molecule has 1 aromatic heterocycles. The van der Waals surface area contributed by atoms with Crippen LogP contribution in [0.3, 0.4) is 0 Å². The maximum Gasteiger partial charge on any atom is 0.165 e. The second-order valence-corrected chi connectivity index (χ2v) is 4.30. The standard InChI is InChI=1S/C13H14N4OS/c1-17(10-5-3-4-6-11(10)18-2)13-9(12(14)19)7-8-15-16-13/h3-8H,1-2H3,(H2,14,19). The lowest BCUT2D eigenvalue weighted by Gasteiger charge is -2.22. The molecule has 5 nitrogen and oxygen atoms in total. The molecule has 0 aliphatic rings. The monoisotopic (exact) mass is 274 g/mol. The number of hydrogen-bond donors (Lipinski definition) is 1. The van der Waals surface area contributed by atoms with Gasteiger partial charge in [0.15, 0.2) is 5.82 Å². The van der Waals surface area contributed by atoms with E-state index in [1.54, 1.807) is 19.4 Å². The van der Waals surface area contributed by atoms with Crippen molar-refractivity contribution >= 4 is 28.7 Å². The molecule has 0 saturated heterocycles. The van der Waals surface area contributed by atoms with Crippen molar-refractivity contribution in [2.75, 3.05) is 19.1 Å². The number of aromatic nitrogens is 2. The Balaban J connectivity index is 2.50. The molecule has 19 heavy (non-hydrogen) atoms. The summed E-state index contributed by atoms with van der Waals surface area (Å²) in [6, 6.07) is 9.38. The smallest absolute Gasteiger partial charge is 0.165 e. The lowest BCUT2D eigenvalue weighted by atomic mass is 10.2. The van der Waals surface area contributed by atoms with Crippen molar-refractivity contribution in [2.45, 2.75) is 0 Å². The van der Waals surface area contributed by atoms with Gasteiger partial charge in [-0.3, -0.25) is 0 Å². The average Bonchev–Trinajstić information content (AvgIpc) is 2.46. The van der Waals surface area contributed by atoms with Crippen LogP contribution in [0.1, 0.15) is 5.56 Å². The number of thiocarbonyl (C=S) groups is 1. The average molecular weight is 274 g/mol. The fraction of sp³-hybridized carbons (Fsp3) is 0.154. The molecule has 0 aliphatic carbocycles. The molecule has 2 rings (SSSR count). The van der Waals surface area contributed by atoms with E-state index in [1.807, 2.05) is 36.2 Å². The SMILES string of the molecule is COc1ccccc1N(C)c1nnccc1C(N)=S. The number of methoxy groups -OCH3 is 1. The predicted octanol–water partition coefficient (Wildman–Crippen LogP) is 1.89. The fourth-order valence-corrected chi connectivity index (χ4v) is 1.94. The van der Waals surface area contributed by atoms with Crippen LogP contribution in [0.2, 0.25) is 0 Å². The second kappa shape index (κ2) is 5.62. The minimum absolute atomic E-state index is 0.284. The minimum atomic E-state index is 0.284. The van der Waals surface area contributed by atoms with Crippen molar-refractivity contribution in [1.82, 2.24) is 10.2 Å². The number of rotatable bonds is 4. The Morgan fingerprint density at radius 1 is 1.32 bits per heavy atom. The predicted molar refractivity (Wildman–Crippen MR) is 79.0 cm³/mol. The Kier molecular flexibility index (Phi) is 3.91. The molecule has 98 valence electrons. The molecular formula is C13H14N4OS. The Bertz CT molecular complexity index is 603. The van der Waals surface area contributed by atoms with Crippen LogP contribution in [0.15, 0.2) is 36.5 Å². The van der Waals surface area contributed by atoms with Crippen LogP contribution in [0.25, 0.3) is 0 Å². The van der Waals surface area contributed by atoms with Crippen LogP contribution in [-0.4, -0.2) is 29.3 Å². The van der Waals surface area contributed by atoms with Gasteiger partial charge in [0, 0.05) is 7.05 Å². The molecule has 6 heteroatoms. The summed E-state index contributed by atoms with van der Waals surface area (Å²) >= 11 is 5.03. The number of hydrogen-bond acceptors (Lipinski definition) is 5. The van der Waals surface area contributed by atoms with Crippen molar-refractivity contribution in [3.05, 3.63) is 42.1 Å². The number of nitrogens with two attached hydrogens (primary N) is 1. The molecular weight excluding hydrogens is 260 g/mol. The summed E-state index contributed by atoms with van der Waals surface area (Å²) in [7, 11) is 3.49. The maximum atomic E-state index is 5.71. The lowest BCUT2D eigenvalue weighted by molar-refractivity contribution is 0.415. The highest BCUT2D eigenvalue weighted by molar-refractivity contribution is 7.80. The summed E-state index contributed by atoms with van der Waals surface area (Å²) in [5.74, 6) is 1.34. The number of nitrogens with zero attached hydrogens (tertiary/aromatic N) is 3. The van der Waals surface area contributed by atoms with Gasteiger partial charge in [-0.25, -0.2) is 0 Å². The van der Waals surface area contributed by atoms with Crippen molar-refractivity contribution in [1.29, 1.82) is 0 Å². The van der Waals surface area contributed by atoms with Gasteiger partial charge in [0.1, 0.15) is 10.7 Å². The number of para-hydroxylation sites is 2. The van der Waals surface area contributed by atoms with E-state index in [2.05, 4.69) is 10.2 Å². The molecule has 0 bridgehead atoms. The van der Waals surface area contributed by atoms with Gasteiger partial charge in [0.05, 0.1) is 24.6 Å². The highest BCUT2D eigenvalue weighted by Gasteiger charge is 2.15. The van der Waals surface area contributed by atoms with Crippen LogP contribution >= 0.6 is 12.2 Å². The Morgan fingerprint density at radius 2 is 2.05 bits per heavy atom. The van der Waals surface area contributed by atoms with Crippen LogP contribution < -0.4 is 15.4 Å². The summed E-state index contributed by atoms with van der Waals surface area (Å²) < 4.78 is 5.33. The molecule has 1 heterocycles. The molecule has 0 spiro atoms. The Hall–Kier alpha value is -2.21. The van der Waals surface area contributed by atoms with Gasteiger partial charge >= 0.3 is 0 Å². The first-order valence-corrected chi connectivity index (χ1v) is 6.04. The van der Waals surface area contributed by atoms with Crippen molar-refractivity contribution in [3.8, 4) is 5.75 Å². The summed E-state index contributed by atoms with van der Waals surface area (Å²) in [5, 5.41) is 7.99. The van der Waals surface area contributed by atoms with E-state index in [9.17, 15) is 0 Å². The summed E-state index contributed by atoms with van der Waals surface area (Å²) in [4.78, 5) is 2.13. The molecule has 0 amide bonds. The second-order valence-electron chi connectivity index (χ2n) is 3.86. The van der Waals surface area contributed by atoms with E-state index in [0.29, 0.717) is 11.4 Å². The lowest BCUT2D eigenvalue weighted by Crippen LogP contribution is -2.20. The van der Waals surface area contributed by atoms with Crippen molar-refractivity contribution in [3.63, 3.8) is 0 Å². The molecule has 0 unspecified atom stereocenters. The molecule has 1 aromatic carbocycles. The Morgan fingerprint density at radius 3 is 2.74 bits per heavy atom. The number of anilines is 2. The van der Waals surface area contributed by atoms with Gasteiger partial charge in [-0.2, -0.15) is 5.10 Å². The molecule has 0 saturated carbocycles. The van der Waals surface area contributed by atoms with Gasteiger partial charge in [-0.15, -0.1) is 5.10 Å². The topological polar surface area (TPSA) is 64.3 Å². The van der Waals surface area contributed by atoms with E-state index < -0.39 is 0 Å². The number of ether oxygens (including phenoxy) is 1. The minimum Gasteiger partial charge on any atom is -0.495 e. The van der Waals surface area contributed by atoms with Crippen LogP contribution in [0.4, 0.5) is 11.5 Å². The Labute approximate surface area is 117 Å². The van der Waals surface area contributed by atoms with Gasteiger partial charge in [0.2, 0.25) is 0 Å². The summed E-state index contributed by atoms with van der Waals surface area (Å²) in [6.07, 6.45) is 1.56. The third kappa shape index (κ3) is 2.63. The van der Waals surface area contributed by atoms with Crippen molar-refractivity contribution in [2.24, 2.45) is 5.73 Å². The fourth-order valence-electron chi connectivity index (χ4n) is 1.79. The molecule has 2 aromatic rings. The zero-order valence-electron chi connectivity index (χ0n) is 10.7. The normalized spacial score (nSPS) is 10.0. The molecule has 2 N–H and O–H groups in total. The largest absolute Gasteiger partial charge is 0.495 e. The van der Waals surface area contributed by atoms with E-state index in [1.165, 1.54) is 0 Å². The zero-order chi connectivity index (χ0) is 13.8. The van der Waals surface area contributed by atoms with E-state index >= 15 is 0 Å². The van der Waals surface area contributed by atoms with Gasteiger partial charge in [-0.05, 0) is 18.2 Å². The molecule has 0 radical (unpaired) electrons. The first-order valence-electron chi connectivity index (χ1n) is 5.63. The summed E-state index contributed by atoms with van der Waals surface area (Å²) in [5.41, 5.74) is 7.25. The highest BCUT2D eigenvalue weighted by atomic mass is 32.1. The maximum absolute atomic E-state index is 5.71. The van der Waals surface area contributed by atoms with Gasteiger partial charge in [-0.1, -0.05) is 24.4 Å². The van der Waals surface area contributed by atoms with Gasteiger partial charge < -0.3 is 15.4 Å². The molecule has 0 fully saturated rings. The third-order valence-corrected chi connectivity index (χ3v) is 2.95. The van der Waals surface area contributed by atoms with Crippen LogP contribution in [0, 0.1) is 0 Å². The number of benzene rings is 1. The van der Waals surface area contributed by atoms with Crippen molar-refractivity contribution < 1.29 is 4.74 Å². The van der Waals surface area contributed by atoms with E-state index in [-0.39, 0.29) is 4.99 Å². The first kappa shape index (κ1) is 13.2. The van der Waals surface area contributed by atoms with E-state index in [0.717, 1.165) is 11.4 Å². The molecule has 0 aliphatic heterocycles. The first-order chi connectivity index (χ1) is 9.15. The summed E-state index contributed by atoms with van der Waals surface area (Å²) in [6.45, 7) is 0. The quantitative estimate of drug-likeness (QED) is 0.859. The third-order valence-electron chi connectivity index (χ3n) is 2.73. The van der Waals surface area contributed by atoms with E-state index in [4.69, 9.17) is 22.7 Å². The molecule has 0 atom stereocenters.